The Kier molecular flexibility index (Phi) is 5.79. The van der Waals surface area contributed by atoms with Crippen LogP contribution < -0.4 is 5.32 Å². The van der Waals surface area contributed by atoms with Crippen molar-refractivity contribution in [3.05, 3.63) is 64.4 Å². The maximum atomic E-state index is 12.0. The van der Waals surface area contributed by atoms with E-state index in [4.69, 9.17) is 11.6 Å². The van der Waals surface area contributed by atoms with Gasteiger partial charge in [0.25, 0.3) is 0 Å². The van der Waals surface area contributed by atoms with E-state index in [2.05, 4.69) is 20.3 Å². The Bertz CT molecular complexity index is 826. The zero-order valence-electron chi connectivity index (χ0n) is 12.5. The number of carbonyl (C=O) groups is 1. The molecule has 0 radical (unpaired) electrons. The molecule has 1 aromatic carbocycles. The molecule has 0 saturated heterocycles. The first-order chi connectivity index (χ1) is 11.7. The minimum Gasteiger partial charge on any atom is -0.301 e. The Morgan fingerprint density at radius 2 is 2.04 bits per heavy atom. The van der Waals surface area contributed by atoms with Crippen molar-refractivity contribution in [3.63, 3.8) is 0 Å². The molecule has 122 valence electrons. The molecular formula is C16H13ClN4OS2. The van der Waals surface area contributed by atoms with E-state index in [1.54, 1.807) is 24.7 Å². The number of benzene rings is 1. The maximum Gasteiger partial charge on any atom is 0.236 e. The monoisotopic (exact) mass is 376 g/mol. The van der Waals surface area contributed by atoms with E-state index in [9.17, 15) is 4.79 Å². The van der Waals surface area contributed by atoms with Gasteiger partial charge >= 0.3 is 0 Å². The molecule has 2 heterocycles. The van der Waals surface area contributed by atoms with E-state index in [1.165, 1.54) is 23.1 Å². The van der Waals surface area contributed by atoms with E-state index >= 15 is 0 Å². The summed E-state index contributed by atoms with van der Waals surface area (Å²) >= 11 is 8.73. The van der Waals surface area contributed by atoms with Crippen molar-refractivity contribution in [2.75, 3.05) is 11.1 Å². The van der Waals surface area contributed by atoms with Crippen molar-refractivity contribution in [1.29, 1.82) is 0 Å². The molecule has 0 fully saturated rings. The summed E-state index contributed by atoms with van der Waals surface area (Å²) < 4.78 is 0. The summed E-state index contributed by atoms with van der Waals surface area (Å²) in [6.45, 7) is 0. The molecule has 1 N–H and O–H groups in total. The van der Waals surface area contributed by atoms with Crippen molar-refractivity contribution in [2.45, 2.75) is 11.6 Å². The summed E-state index contributed by atoms with van der Waals surface area (Å²) in [5.41, 5.74) is 1.11. The van der Waals surface area contributed by atoms with Gasteiger partial charge in [-0.1, -0.05) is 35.5 Å². The Hall–Kier alpha value is -1.96. The van der Waals surface area contributed by atoms with Gasteiger partial charge < -0.3 is 5.32 Å². The van der Waals surface area contributed by atoms with Crippen LogP contribution in [0.25, 0.3) is 0 Å². The lowest BCUT2D eigenvalue weighted by atomic mass is 10.1. The molecule has 0 bridgehead atoms. The van der Waals surface area contributed by atoms with Crippen molar-refractivity contribution in [3.8, 4) is 0 Å². The number of halogens is 1. The summed E-state index contributed by atoms with van der Waals surface area (Å²) in [6, 6.07) is 9.44. The van der Waals surface area contributed by atoms with Gasteiger partial charge in [-0.05, 0) is 23.8 Å². The number of nitrogens with one attached hydrogen (secondary N) is 1. The quantitative estimate of drug-likeness (QED) is 0.522. The highest BCUT2D eigenvalue weighted by Gasteiger charge is 2.09. The Balaban J connectivity index is 1.53. The topological polar surface area (TPSA) is 67.8 Å². The number of nitrogens with zero attached hydrogens (tertiary/aromatic N) is 3. The molecule has 0 atom stereocenters. The number of rotatable bonds is 6. The summed E-state index contributed by atoms with van der Waals surface area (Å²) in [6.07, 6.45) is 5.81. The second-order valence-electron chi connectivity index (χ2n) is 4.81. The van der Waals surface area contributed by atoms with Crippen LogP contribution in [0.2, 0.25) is 5.02 Å². The number of hydrogen-bond donors (Lipinski definition) is 1. The smallest absolute Gasteiger partial charge is 0.236 e. The average molecular weight is 377 g/mol. The summed E-state index contributed by atoms with van der Waals surface area (Å²) in [5.74, 6) is 0.115. The molecule has 0 unspecified atom stereocenters. The normalized spacial score (nSPS) is 10.5. The molecule has 8 heteroatoms. The van der Waals surface area contributed by atoms with E-state index in [-0.39, 0.29) is 11.7 Å². The van der Waals surface area contributed by atoms with Crippen LogP contribution in [0.3, 0.4) is 0 Å². The van der Waals surface area contributed by atoms with Crippen LogP contribution in [-0.4, -0.2) is 26.6 Å². The Labute approximate surface area is 152 Å². The number of thiazole rings is 1. The van der Waals surface area contributed by atoms with Gasteiger partial charge in [-0.25, -0.2) is 15.0 Å². The van der Waals surface area contributed by atoms with Gasteiger partial charge in [-0.15, -0.1) is 11.3 Å². The molecule has 0 spiro atoms. The Morgan fingerprint density at radius 3 is 2.83 bits per heavy atom. The summed E-state index contributed by atoms with van der Waals surface area (Å²) in [5, 5.41) is 4.68. The molecular weight excluding hydrogens is 364 g/mol. The van der Waals surface area contributed by atoms with Crippen LogP contribution in [0.5, 0.6) is 0 Å². The highest BCUT2D eigenvalue weighted by molar-refractivity contribution is 7.99. The van der Waals surface area contributed by atoms with E-state index in [0.29, 0.717) is 15.3 Å². The van der Waals surface area contributed by atoms with E-state index in [1.807, 2.05) is 24.3 Å². The van der Waals surface area contributed by atoms with Crippen LogP contribution in [-0.2, 0) is 11.2 Å². The molecule has 1 amide bonds. The fourth-order valence-electron chi connectivity index (χ4n) is 1.94. The van der Waals surface area contributed by atoms with Gasteiger partial charge in [0.2, 0.25) is 5.91 Å². The largest absolute Gasteiger partial charge is 0.301 e. The molecule has 0 aliphatic rings. The van der Waals surface area contributed by atoms with Crippen molar-refractivity contribution in [2.24, 2.45) is 0 Å². The van der Waals surface area contributed by atoms with E-state index < -0.39 is 0 Å². The number of carbonyl (C=O) groups excluding carboxylic acids is 1. The number of hydrogen-bond acceptors (Lipinski definition) is 6. The van der Waals surface area contributed by atoms with Crippen LogP contribution >= 0.6 is 34.7 Å². The first-order valence-corrected chi connectivity index (χ1v) is 9.26. The lowest BCUT2D eigenvalue weighted by molar-refractivity contribution is -0.113. The second-order valence-corrected chi connectivity index (χ2v) is 7.30. The average Bonchev–Trinajstić information content (AvgIpc) is 3.01. The SMILES string of the molecule is O=C(CSc1ncccn1)Nc1ncc(Cc2cccc(Cl)c2)s1. The fourth-order valence-corrected chi connectivity index (χ4v) is 3.62. The predicted molar refractivity (Wildman–Crippen MR) is 97.8 cm³/mol. The highest BCUT2D eigenvalue weighted by atomic mass is 35.5. The molecule has 3 aromatic rings. The number of thioether (sulfide) groups is 1. The zero-order valence-corrected chi connectivity index (χ0v) is 14.9. The lowest BCUT2D eigenvalue weighted by Gasteiger charge is -2.01. The molecule has 0 saturated carbocycles. The van der Waals surface area contributed by atoms with Gasteiger partial charge in [0.15, 0.2) is 10.3 Å². The molecule has 0 aliphatic carbocycles. The predicted octanol–water partition coefficient (Wildman–Crippen LogP) is 3.91. The second kappa shape index (κ2) is 8.23. The number of anilines is 1. The summed E-state index contributed by atoms with van der Waals surface area (Å²) in [4.78, 5) is 25.4. The molecule has 5 nitrogen and oxygen atoms in total. The van der Waals surface area contributed by atoms with Crippen molar-refractivity contribution >= 4 is 45.7 Å². The van der Waals surface area contributed by atoms with Crippen LogP contribution in [0.1, 0.15) is 10.4 Å². The third kappa shape index (κ3) is 5.02. The third-order valence-electron chi connectivity index (χ3n) is 2.94. The first-order valence-electron chi connectivity index (χ1n) is 7.08. The van der Waals surface area contributed by atoms with Crippen molar-refractivity contribution < 1.29 is 4.79 Å². The fraction of sp³-hybridized carbons (Fsp3) is 0.125. The number of amides is 1. The van der Waals surface area contributed by atoms with Gasteiger partial charge in [-0.3, -0.25) is 4.79 Å². The van der Waals surface area contributed by atoms with Crippen LogP contribution in [0.4, 0.5) is 5.13 Å². The zero-order chi connectivity index (χ0) is 16.8. The molecule has 3 rings (SSSR count). The minimum atomic E-state index is -0.129. The highest BCUT2D eigenvalue weighted by Crippen LogP contribution is 2.23. The van der Waals surface area contributed by atoms with Gasteiger partial charge in [0.05, 0.1) is 5.75 Å². The number of aromatic nitrogens is 3. The van der Waals surface area contributed by atoms with E-state index in [0.717, 1.165) is 16.9 Å². The minimum absolute atomic E-state index is 0.129. The van der Waals surface area contributed by atoms with Gasteiger partial charge in [-0.2, -0.15) is 0 Å². The molecule has 0 aliphatic heterocycles. The lowest BCUT2D eigenvalue weighted by Crippen LogP contribution is -2.13. The van der Waals surface area contributed by atoms with Crippen molar-refractivity contribution in [1.82, 2.24) is 15.0 Å². The standard InChI is InChI=1S/C16H13ClN4OS2/c17-12-4-1-3-11(7-12)8-13-9-20-16(24-13)21-14(22)10-23-15-18-5-2-6-19-15/h1-7,9H,8,10H2,(H,20,21,22). The molecule has 2 aromatic heterocycles. The first kappa shape index (κ1) is 16.9. The van der Waals surface area contributed by atoms with Crippen LogP contribution in [0, 0.1) is 0 Å². The van der Waals surface area contributed by atoms with Gasteiger partial charge in [0, 0.05) is 34.9 Å². The maximum absolute atomic E-state index is 12.0. The summed E-state index contributed by atoms with van der Waals surface area (Å²) in [7, 11) is 0. The van der Waals surface area contributed by atoms with Gasteiger partial charge in [0.1, 0.15) is 0 Å². The third-order valence-corrected chi connectivity index (χ3v) is 4.97. The molecule has 24 heavy (non-hydrogen) atoms. The van der Waals surface area contributed by atoms with Crippen LogP contribution in [0.15, 0.2) is 54.1 Å². The Morgan fingerprint density at radius 1 is 1.21 bits per heavy atom.